The van der Waals surface area contributed by atoms with Crippen molar-refractivity contribution >= 4 is 23.6 Å². The maximum absolute atomic E-state index is 12.9. The van der Waals surface area contributed by atoms with Crippen LogP contribution in [0.2, 0.25) is 0 Å². The van der Waals surface area contributed by atoms with E-state index in [0.29, 0.717) is 44.3 Å². The van der Waals surface area contributed by atoms with Crippen LogP contribution in [-0.4, -0.2) is 230 Å². The van der Waals surface area contributed by atoms with Crippen LogP contribution in [0.5, 0.6) is 0 Å². The Morgan fingerprint density at radius 1 is 0.340 bits per heavy atom. The number of rotatable bonds is 21. The molecule has 19 nitrogen and oxygen atoms in total. The van der Waals surface area contributed by atoms with Crippen LogP contribution in [0.3, 0.4) is 0 Å². The Hall–Kier alpha value is -9.54. The normalized spacial score (nSPS) is 17.9. The predicted octanol–water partition coefficient (Wildman–Crippen LogP) is 24.7. The Morgan fingerprint density at radius 3 is 1.02 bits per heavy atom. The summed E-state index contributed by atoms with van der Waals surface area (Å²) in [5.41, 5.74) is 20.6. The van der Waals surface area contributed by atoms with Crippen LogP contribution in [0.4, 0.5) is 0 Å². The molecule has 0 radical (unpaired) electrons. The molecule has 7 aliphatic heterocycles. The van der Waals surface area contributed by atoms with Gasteiger partial charge in [-0.3, -0.25) is 48.4 Å². The third-order valence-electron chi connectivity index (χ3n) is 29.5. The number of amides is 4. The summed E-state index contributed by atoms with van der Waals surface area (Å²) in [4.78, 5) is 70.0. The summed E-state index contributed by atoms with van der Waals surface area (Å²) in [6.45, 7) is 82.1. The number of morpholine rings is 2. The van der Waals surface area contributed by atoms with Crippen LogP contribution in [0.25, 0.3) is 0 Å². The Balaban J connectivity index is 0.000000188. The van der Waals surface area contributed by atoms with Crippen LogP contribution in [0, 0.1) is 5.92 Å². The molecule has 7 aliphatic rings. The minimum absolute atomic E-state index is 0.0402. The van der Waals surface area contributed by atoms with E-state index in [-0.39, 0.29) is 66.9 Å². The molecule has 3 atom stereocenters. The molecule has 0 bridgehead atoms. The zero-order valence-corrected chi connectivity index (χ0v) is 96.2. The molecule has 147 heavy (non-hydrogen) atoms. The number of hydrogen-bond acceptors (Lipinski definition) is 14. The molecular formula is C128H193N13O6. The van der Waals surface area contributed by atoms with E-state index in [9.17, 15) is 19.2 Å². The number of ether oxygens (including phenoxy) is 2. The third kappa shape index (κ3) is 41.6. The molecule has 4 amide bonds. The highest BCUT2D eigenvalue weighted by molar-refractivity contribution is 5.96. The van der Waals surface area contributed by atoms with Crippen molar-refractivity contribution in [3.63, 3.8) is 0 Å². The predicted molar refractivity (Wildman–Crippen MR) is 614 cm³/mol. The van der Waals surface area contributed by atoms with Crippen molar-refractivity contribution in [2.24, 2.45) is 5.92 Å². The number of benzene rings is 7. The number of likely N-dealkylation sites (tertiary alicyclic amines) is 5. The van der Waals surface area contributed by atoms with Gasteiger partial charge in [0.2, 0.25) is 0 Å². The summed E-state index contributed by atoms with van der Waals surface area (Å²) in [5, 5.41) is 13.7. The highest BCUT2D eigenvalue weighted by Crippen LogP contribution is 2.32. The molecule has 0 saturated carbocycles. The first-order valence-electron chi connectivity index (χ1n) is 55.7. The van der Waals surface area contributed by atoms with Gasteiger partial charge in [0.15, 0.2) is 0 Å². The molecule has 19 heteroatoms. The first-order chi connectivity index (χ1) is 69.4. The van der Waals surface area contributed by atoms with Gasteiger partial charge in [-0.25, -0.2) is 0 Å². The van der Waals surface area contributed by atoms with Gasteiger partial charge >= 0.3 is 0 Å². The maximum Gasteiger partial charge on any atom is 0.254 e. The summed E-state index contributed by atoms with van der Waals surface area (Å²) in [6.07, 6.45) is 21.5. The molecule has 0 aliphatic carbocycles. The summed E-state index contributed by atoms with van der Waals surface area (Å²) in [7, 11) is 1.97. The van der Waals surface area contributed by atoms with E-state index in [0.717, 1.165) is 140 Å². The lowest BCUT2D eigenvalue weighted by Crippen LogP contribution is -2.43. The van der Waals surface area contributed by atoms with Gasteiger partial charge in [0, 0.05) is 138 Å². The Bertz CT molecular complexity index is 5200. The zero-order chi connectivity index (χ0) is 107. The number of piperidine rings is 1. The topological polar surface area (TPSA) is 176 Å². The molecular weight excluding hydrogens is 1820 g/mol. The van der Waals surface area contributed by atoms with Gasteiger partial charge in [-0.05, 0) is 307 Å². The number of carbonyl (C=O) groups is 4. The van der Waals surface area contributed by atoms with Gasteiger partial charge < -0.3 is 40.1 Å². The fraction of sp³-hybridized carbons (Fsp3) is 0.578. The van der Waals surface area contributed by atoms with Crippen molar-refractivity contribution < 1.29 is 28.7 Å². The average Bonchev–Trinajstić information content (AvgIpc) is 1.46. The van der Waals surface area contributed by atoms with Crippen molar-refractivity contribution in [1.29, 1.82) is 0 Å². The SMILES string of the molecule is CC(C)(C)c1ccc(C(=O)N2CCCC(CN3CCCC3)C2)cc1.CC(C)(C)c1ccc(C(=O)N2CCOCC2)cc1.CC(C)(C)c1ccc(CN2CCCC2)cc1.CC(C)(C)c1ccc(CN2CCOCC2)cc1.CC(C)(C)c1cnn(CCc2ccncc2)c1.CCN1CCC[C@@H]1CNC(=O)c1ccc(C(C)(C)C)cc1.CCN1CCC[C@H]1CNC(=O)c1ccc(C(C)(C)C)cc1.CNCc1ccc(C(C)(C)C)cc1. The second-order valence-electron chi connectivity index (χ2n) is 49.8. The van der Waals surface area contributed by atoms with Crippen molar-refractivity contribution in [2.45, 2.75) is 332 Å². The monoisotopic (exact) mass is 2010 g/mol. The largest absolute Gasteiger partial charge is 0.379 e. The standard InChI is InChI=1S/C21H32N2O.2C18H28N2O.C15H21NO2.C15H23NO.C15H23N.C14H19N3.C12H19N/c1-21(2,3)19-10-8-18(9-11-19)20(24)23-14-6-7-17(16-23)15-22-12-4-5-13-22;2*1-5-20-12-6-7-16(20)13-19-17(21)14-8-10-15(11-9-14)18(2,3)4;1-15(2,3)13-6-4-12(5-7-13)14(17)16-8-10-18-11-9-16;1-15(2,3)14-6-4-13(5-7-14)12-16-8-10-17-11-9-16;1-15(2,3)14-8-6-13(7-9-14)12-16-10-4-5-11-16;1-14(2,3)13-10-16-17(11-13)9-6-12-4-7-15-8-5-12;1-12(2,3)11-7-5-10(6-8-11)9-13-4/h8-11,17H,4-7,12-16H2,1-3H3;2*8-11,16H,5-7,12-13H2,1-4H3,(H,19,21);4-7H,8-11H2,1-3H3;4-7H,8-12H2,1-3H3;6-9H,4-5,10-12H2,1-3H3;4-5,7-8,10-11H,6,9H2,1-3H3;5-8,13H,9H2,1-4H3/t;2*16-;;;;;/m.10...../s1. The molecule has 3 N–H and O–H groups in total. The number of aryl methyl sites for hydroxylation is 2. The fourth-order valence-corrected chi connectivity index (χ4v) is 19.5. The molecule has 7 fully saturated rings. The second-order valence-corrected chi connectivity index (χ2v) is 49.8. The van der Waals surface area contributed by atoms with Crippen molar-refractivity contribution in [3.8, 4) is 0 Å². The van der Waals surface area contributed by atoms with E-state index in [1.165, 1.54) is 157 Å². The molecule has 7 saturated heterocycles. The minimum Gasteiger partial charge on any atom is -0.379 e. The Kier molecular flexibility index (Phi) is 47.4. The van der Waals surface area contributed by atoms with Gasteiger partial charge in [0.25, 0.3) is 23.6 Å². The molecule has 16 rings (SSSR count). The number of aromatic nitrogens is 3. The maximum atomic E-state index is 12.9. The lowest BCUT2D eigenvalue weighted by atomic mass is 9.86. The van der Waals surface area contributed by atoms with Crippen molar-refractivity contribution in [2.75, 3.05) is 145 Å². The summed E-state index contributed by atoms with van der Waals surface area (Å²) in [5.74, 6) is 1.05. The van der Waals surface area contributed by atoms with Gasteiger partial charge in [-0.1, -0.05) is 301 Å². The first-order valence-corrected chi connectivity index (χ1v) is 55.7. The fourth-order valence-electron chi connectivity index (χ4n) is 19.5. The van der Waals surface area contributed by atoms with Crippen molar-refractivity contribution in [3.05, 3.63) is 296 Å². The van der Waals surface area contributed by atoms with Crippen LogP contribution in [-0.2, 0) is 85.4 Å². The quantitative estimate of drug-likeness (QED) is 0.0619. The van der Waals surface area contributed by atoms with Crippen LogP contribution < -0.4 is 16.0 Å². The molecule has 806 valence electrons. The van der Waals surface area contributed by atoms with Gasteiger partial charge in [0.05, 0.1) is 32.6 Å². The number of carbonyl (C=O) groups excluding carboxylic acids is 4. The van der Waals surface area contributed by atoms with E-state index in [1.807, 2.05) is 108 Å². The summed E-state index contributed by atoms with van der Waals surface area (Å²) < 4.78 is 12.6. The number of nitrogens with zero attached hydrogens (tertiary/aromatic N) is 10. The number of nitrogens with one attached hydrogen (secondary N) is 3. The molecule has 9 aromatic rings. The zero-order valence-electron chi connectivity index (χ0n) is 96.2. The minimum atomic E-state index is 0.0402. The number of pyridine rings is 1. The van der Waals surface area contributed by atoms with Crippen LogP contribution in [0.15, 0.2) is 207 Å². The first kappa shape index (κ1) is 121. The van der Waals surface area contributed by atoms with Crippen LogP contribution >= 0.6 is 0 Å². The van der Waals surface area contributed by atoms with E-state index < -0.39 is 0 Å². The van der Waals surface area contributed by atoms with Gasteiger partial charge in [-0.2, -0.15) is 5.10 Å². The third-order valence-corrected chi connectivity index (χ3v) is 29.5. The summed E-state index contributed by atoms with van der Waals surface area (Å²) in [6, 6.07) is 64.3. The van der Waals surface area contributed by atoms with E-state index in [1.54, 1.807) is 0 Å². The smallest absolute Gasteiger partial charge is 0.254 e. The van der Waals surface area contributed by atoms with E-state index >= 15 is 0 Å². The molecule has 9 heterocycles. The highest BCUT2D eigenvalue weighted by Gasteiger charge is 2.31. The number of likely N-dealkylation sites (N-methyl/N-ethyl adjacent to an activating group) is 2. The lowest BCUT2D eigenvalue weighted by molar-refractivity contribution is 0.0302. The Morgan fingerprint density at radius 2 is 0.667 bits per heavy atom. The lowest BCUT2D eigenvalue weighted by Gasteiger charge is -2.35. The molecule has 0 spiro atoms. The van der Waals surface area contributed by atoms with Gasteiger partial charge in [-0.15, -0.1) is 0 Å². The summed E-state index contributed by atoms with van der Waals surface area (Å²) >= 11 is 0. The van der Waals surface area contributed by atoms with Gasteiger partial charge in [0.1, 0.15) is 0 Å². The molecule has 1 unspecified atom stereocenters. The molecule has 7 aromatic carbocycles. The average molecular weight is 2010 g/mol. The van der Waals surface area contributed by atoms with E-state index in [4.69, 9.17) is 9.47 Å². The second kappa shape index (κ2) is 57.6. The number of hydrogen-bond donors (Lipinski definition) is 3. The van der Waals surface area contributed by atoms with Crippen molar-refractivity contribution in [1.82, 2.24) is 65.0 Å². The van der Waals surface area contributed by atoms with E-state index in [2.05, 4.69) is 351 Å². The van der Waals surface area contributed by atoms with Crippen LogP contribution in [0.1, 0.15) is 352 Å². The highest BCUT2D eigenvalue weighted by atomic mass is 16.5. The molecule has 2 aromatic heterocycles. The Labute approximate surface area is 890 Å².